The molecule has 0 spiro atoms. The summed E-state index contributed by atoms with van der Waals surface area (Å²) in [6, 6.07) is 12.2. The molecule has 2 aromatic heterocycles. The fraction of sp³-hybridized carbons (Fsp3) is 0.423. The van der Waals surface area contributed by atoms with Crippen LogP contribution >= 0.6 is 0 Å². The first-order valence-corrected chi connectivity index (χ1v) is 12.2. The first kappa shape index (κ1) is 21.2. The molecule has 2 saturated heterocycles. The van der Waals surface area contributed by atoms with E-state index in [-0.39, 0.29) is 6.10 Å². The summed E-state index contributed by atoms with van der Waals surface area (Å²) in [4.78, 5) is 21.0. The molecule has 6 rings (SSSR count). The first-order valence-electron chi connectivity index (χ1n) is 12.2. The molecule has 8 nitrogen and oxygen atoms in total. The second-order valence-electron chi connectivity index (χ2n) is 9.39. The number of H-pyrrole nitrogens is 1. The van der Waals surface area contributed by atoms with Crippen molar-refractivity contribution in [2.45, 2.75) is 44.2 Å². The van der Waals surface area contributed by atoms with Crippen molar-refractivity contribution in [1.82, 2.24) is 25.0 Å². The molecule has 1 aromatic carbocycles. The molecular formula is C26H29N5O3. The molecule has 1 amide bonds. The standard InChI is InChI=1S/C26H29N5O3/c32-26-2-1-11-31(26)20-8-12-30(13-9-20)17-22-14-18-3-5-21(15-24(18)33-22)34-25-6-4-19(16-27-25)23-7-10-28-29-23/h3-7,10,15-16,20,22H,1-2,8-9,11-14,17H2,(H,28,29). The fourth-order valence-electron chi connectivity index (χ4n) is 5.34. The summed E-state index contributed by atoms with van der Waals surface area (Å²) in [5.41, 5.74) is 3.10. The molecule has 5 heterocycles. The van der Waals surface area contributed by atoms with Crippen molar-refractivity contribution in [2.24, 2.45) is 0 Å². The van der Waals surface area contributed by atoms with Crippen molar-refractivity contribution in [1.29, 1.82) is 0 Å². The summed E-state index contributed by atoms with van der Waals surface area (Å²) in [5.74, 6) is 2.50. The van der Waals surface area contributed by atoms with Crippen LogP contribution in [0.1, 0.15) is 31.2 Å². The Labute approximate surface area is 198 Å². The molecule has 3 aromatic rings. The van der Waals surface area contributed by atoms with Gasteiger partial charge in [-0.3, -0.25) is 14.8 Å². The van der Waals surface area contributed by atoms with Gasteiger partial charge in [0.2, 0.25) is 11.8 Å². The number of benzene rings is 1. The molecule has 3 aliphatic heterocycles. The van der Waals surface area contributed by atoms with Crippen LogP contribution in [0.5, 0.6) is 17.4 Å². The molecule has 1 atom stereocenters. The molecule has 176 valence electrons. The summed E-state index contributed by atoms with van der Waals surface area (Å²) in [7, 11) is 0. The monoisotopic (exact) mass is 459 g/mol. The summed E-state index contributed by atoms with van der Waals surface area (Å²) < 4.78 is 12.3. The van der Waals surface area contributed by atoms with E-state index in [2.05, 4.69) is 31.0 Å². The predicted octanol–water partition coefficient (Wildman–Crippen LogP) is 3.65. The van der Waals surface area contributed by atoms with E-state index in [1.807, 2.05) is 30.3 Å². The largest absolute Gasteiger partial charge is 0.488 e. The topological polar surface area (TPSA) is 83.6 Å². The van der Waals surface area contributed by atoms with Crippen LogP contribution in [0.3, 0.4) is 0 Å². The van der Waals surface area contributed by atoms with Gasteiger partial charge in [0.05, 0.1) is 5.69 Å². The zero-order valence-electron chi connectivity index (χ0n) is 19.2. The highest BCUT2D eigenvalue weighted by Gasteiger charge is 2.32. The third-order valence-corrected chi connectivity index (χ3v) is 7.12. The highest BCUT2D eigenvalue weighted by molar-refractivity contribution is 5.78. The van der Waals surface area contributed by atoms with Crippen molar-refractivity contribution in [3.8, 4) is 28.6 Å². The van der Waals surface area contributed by atoms with Crippen LogP contribution in [-0.4, -0.2) is 69.2 Å². The number of aromatic nitrogens is 3. The Morgan fingerprint density at radius 2 is 2.03 bits per heavy atom. The van der Waals surface area contributed by atoms with E-state index < -0.39 is 0 Å². The smallest absolute Gasteiger partial charge is 0.222 e. The van der Waals surface area contributed by atoms with Crippen LogP contribution in [0.2, 0.25) is 0 Å². The summed E-state index contributed by atoms with van der Waals surface area (Å²) >= 11 is 0. The quantitative estimate of drug-likeness (QED) is 0.606. The van der Waals surface area contributed by atoms with Crippen molar-refractivity contribution < 1.29 is 14.3 Å². The number of hydrogen-bond acceptors (Lipinski definition) is 6. The van der Waals surface area contributed by atoms with Crippen molar-refractivity contribution >= 4 is 5.91 Å². The second-order valence-corrected chi connectivity index (χ2v) is 9.39. The van der Waals surface area contributed by atoms with E-state index in [1.165, 1.54) is 5.56 Å². The molecule has 1 N–H and O–H groups in total. The lowest BCUT2D eigenvalue weighted by molar-refractivity contribution is -0.130. The summed E-state index contributed by atoms with van der Waals surface area (Å²) in [6.45, 7) is 3.92. The average Bonchev–Trinajstić information content (AvgIpc) is 3.61. The van der Waals surface area contributed by atoms with Crippen molar-refractivity contribution in [3.63, 3.8) is 0 Å². The van der Waals surface area contributed by atoms with Gasteiger partial charge in [-0.1, -0.05) is 6.07 Å². The minimum Gasteiger partial charge on any atom is -0.488 e. The Morgan fingerprint density at radius 3 is 2.76 bits per heavy atom. The minimum atomic E-state index is 0.155. The number of likely N-dealkylation sites (tertiary alicyclic amines) is 2. The Bertz CT molecular complexity index is 1140. The minimum absolute atomic E-state index is 0.155. The Hall–Kier alpha value is -3.39. The number of piperidine rings is 1. The van der Waals surface area contributed by atoms with Gasteiger partial charge in [0, 0.05) is 75.2 Å². The second kappa shape index (κ2) is 9.10. The van der Waals surface area contributed by atoms with Crippen LogP contribution in [0.25, 0.3) is 11.3 Å². The molecule has 0 saturated carbocycles. The maximum Gasteiger partial charge on any atom is 0.222 e. The van der Waals surface area contributed by atoms with E-state index in [4.69, 9.17) is 9.47 Å². The van der Waals surface area contributed by atoms with Gasteiger partial charge in [-0.05, 0) is 43.0 Å². The average molecular weight is 460 g/mol. The number of rotatable bonds is 6. The zero-order chi connectivity index (χ0) is 22.9. The lowest BCUT2D eigenvalue weighted by atomic mass is 10.0. The molecule has 34 heavy (non-hydrogen) atoms. The number of carbonyl (C=O) groups is 1. The van der Waals surface area contributed by atoms with Gasteiger partial charge in [0.25, 0.3) is 0 Å². The van der Waals surface area contributed by atoms with E-state index in [9.17, 15) is 4.79 Å². The molecular weight excluding hydrogens is 430 g/mol. The van der Waals surface area contributed by atoms with Crippen molar-refractivity contribution in [3.05, 3.63) is 54.4 Å². The van der Waals surface area contributed by atoms with Gasteiger partial charge in [0.1, 0.15) is 17.6 Å². The summed E-state index contributed by atoms with van der Waals surface area (Å²) in [5, 5.41) is 6.91. The van der Waals surface area contributed by atoms with Crippen LogP contribution in [-0.2, 0) is 11.2 Å². The Morgan fingerprint density at radius 1 is 1.12 bits per heavy atom. The molecule has 1 unspecified atom stereocenters. The number of amides is 1. The first-order chi connectivity index (χ1) is 16.7. The van der Waals surface area contributed by atoms with E-state index in [1.54, 1.807) is 12.4 Å². The van der Waals surface area contributed by atoms with Crippen LogP contribution in [0, 0.1) is 0 Å². The van der Waals surface area contributed by atoms with Crippen LogP contribution in [0.15, 0.2) is 48.8 Å². The molecule has 0 aliphatic carbocycles. The lowest BCUT2D eigenvalue weighted by Crippen LogP contribution is -2.47. The van der Waals surface area contributed by atoms with Gasteiger partial charge in [-0.25, -0.2) is 4.98 Å². The summed E-state index contributed by atoms with van der Waals surface area (Å²) in [6.07, 6.45) is 8.43. The number of hydrogen-bond donors (Lipinski definition) is 1. The molecule has 3 aliphatic rings. The van der Waals surface area contributed by atoms with Crippen LogP contribution in [0.4, 0.5) is 0 Å². The fourth-order valence-corrected chi connectivity index (χ4v) is 5.34. The maximum absolute atomic E-state index is 12.0. The molecule has 8 heteroatoms. The highest BCUT2D eigenvalue weighted by atomic mass is 16.5. The third kappa shape index (κ3) is 4.37. The van der Waals surface area contributed by atoms with Crippen LogP contribution < -0.4 is 9.47 Å². The molecule has 0 bridgehead atoms. The number of fused-ring (bicyclic) bond motifs is 1. The number of aromatic amines is 1. The van der Waals surface area contributed by atoms with Gasteiger partial charge in [-0.2, -0.15) is 5.10 Å². The zero-order valence-corrected chi connectivity index (χ0v) is 19.2. The van der Waals surface area contributed by atoms with E-state index in [0.717, 1.165) is 81.0 Å². The molecule has 0 radical (unpaired) electrons. The van der Waals surface area contributed by atoms with E-state index >= 15 is 0 Å². The molecule has 2 fully saturated rings. The number of nitrogens with one attached hydrogen (secondary N) is 1. The maximum atomic E-state index is 12.0. The normalized spacial score (nSPS) is 21.0. The number of ether oxygens (including phenoxy) is 2. The Kier molecular flexibility index (Phi) is 5.66. The van der Waals surface area contributed by atoms with Gasteiger partial charge in [-0.15, -0.1) is 0 Å². The third-order valence-electron chi connectivity index (χ3n) is 7.12. The van der Waals surface area contributed by atoms with Crippen molar-refractivity contribution in [2.75, 3.05) is 26.2 Å². The van der Waals surface area contributed by atoms with Gasteiger partial charge in [0.15, 0.2) is 0 Å². The number of carbonyl (C=O) groups excluding carboxylic acids is 1. The Balaban J connectivity index is 1.02. The van der Waals surface area contributed by atoms with E-state index in [0.29, 0.717) is 17.8 Å². The van der Waals surface area contributed by atoms with Gasteiger partial charge >= 0.3 is 0 Å². The number of nitrogens with zero attached hydrogens (tertiary/aromatic N) is 4. The number of pyridine rings is 1. The predicted molar refractivity (Wildman–Crippen MR) is 127 cm³/mol. The SMILES string of the molecule is O=C1CCCN1C1CCN(CC2Cc3ccc(Oc4ccc(-c5ccn[nH]5)cn4)cc3O2)CC1. The highest BCUT2D eigenvalue weighted by Crippen LogP contribution is 2.34. The lowest BCUT2D eigenvalue weighted by Gasteiger charge is -2.37. The van der Waals surface area contributed by atoms with Gasteiger partial charge < -0.3 is 14.4 Å².